The summed E-state index contributed by atoms with van der Waals surface area (Å²) in [4.78, 5) is 24.1. The Morgan fingerprint density at radius 1 is 0.540 bits per heavy atom. The van der Waals surface area contributed by atoms with Crippen LogP contribution < -0.4 is 10.6 Å². The Balaban J connectivity index is 1.65. The summed E-state index contributed by atoms with van der Waals surface area (Å²) >= 11 is 0. The van der Waals surface area contributed by atoms with Gasteiger partial charge in [-0.05, 0) is 13.8 Å². The predicted molar refractivity (Wildman–Crippen MR) is 159 cm³/mol. The Kier molecular flexibility index (Phi) is 14.3. The van der Waals surface area contributed by atoms with Crippen LogP contribution in [0.4, 0.5) is 0 Å². The fourth-order valence-electron chi connectivity index (χ4n) is 6.44. The number of rotatable bonds is 11. The van der Waals surface area contributed by atoms with Crippen molar-refractivity contribution in [1.29, 1.82) is 0 Å². The third-order valence-electron chi connectivity index (χ3n) is 9.22. The average Bonchev–Trinajstić information content (AvgIpc) is 3.06. The molecule has 21 heteroatoms. The van der Waals surface area contributed by atoms with E-state index in [0.717, 1.165) is 6.92 Å². The van der Waals surface area contributed by atoms with Crippen molar-refractivity contribution >= 4 is 11.8 Å². The Morgan fingerprint density at radius 3 is 1.62 bits per heavy atom. The molecule has 0 spiro atoms. The molecule has 4 rings (SSSR count). The van der Waals surface area contributed by atoms with Crippen LogP contribution in [-0.2, 0) is 42.7 Å². The summed E-state index contributed by atoms with van der Waals surface area (Å²) in [5, 5.41) is 109. The van der Waals surface area contributed by atoms with Gasteiger partial charge in [-0.25, -0.2) is 0 Å². The zero-order valence-electron chi connectivity index (χ0n) is 27.8. The number of aliphatic hydroxyl groups is 10. The van der Waals surface area contributed by atoms with Gasteiger partial charge in [-0.15, -0.1) is 0 Å². The summed E-state index contributed by atoms with van der Waals surface area (Å²) in [7, 11) is 0. The average molecular weight is 731 g/mol. The van der Waals surface area contributed by atoms with E-state index in [1.165, 1.54) is 13.8 Å². The first-order valence-corrected chi connectivity index (χ1v) is 16.2. The van der Waals surface area contributed by atoms with Crippen LogP contribution in [0.5, 0.6) is 0 Å². The minimum atomic E-state index is -1.92. The van der Waals surface area contributed by atoms with Crippen molar-refractivity contribution in [3.05, 3.63) is 0 Å². The zero-order valence-corrected chi connectivity index (χ0v) is 27.8. The lowest BCUT2D eigenvalue weighted by molar-refractivity contribution is -0.374. The van der Waals surface area contributed by atoms with Gasteiger partial charge in [0, 0.05) is 13.8 Å². The Hall–Kier alpha value is -1.74. The van der Waals surface area contributed by atoms with Crippen molar-refractivity contribution in [2.24, 2.45) is 0 Å². The second-order valence-corrected chi connectivity index (χ2v) is 13.0. The number of hydrogen-bond acceptors (Lipinski definition) is 19. The minimum Gasteiger partial charge on any atom is -0.394 e. The second-order valence-electron chi connectivity index (χ2n) is 13.0. The molecule has 50 heavy (non-hydrogen) atoms. The molecule has 2 amide bonds. The number of carbonyl (C=O) groups excluding carboxylic acids is 2. The number of aliphatic hydroxyl groups excluding tert-OH is 10. The number of carbonyl (C=O) groups is 2. The third-order valence-corrected chi connectivity index (χ3v) is 9.22. The van der Waals surface area contributed by atoms with Crippen LogP contribution in [0.1, 0.15) is 27.7 Å². The summed E-state index contributed by atoms with van der Waals surface area (Å²) in [6.45, 7) is 3.15. The van der Waals surface area contributed by atoms with Crippen LogP contribution in [0, 0.1) is 0 Å². The predicted octanol–water partition coefficient (Wildman–Crippen LogP) is -7.36. The van der Waals surface area contributed by atoms with Crippen LogP contribution >= 0.6 is 0 Å². The van der Waals surface area contributed by atoms with E-state index in [9.17, 15) is 60.7 Å². The SMILES string of the molecule is CC(=O)NC1[C@H](C)OC(CO[C@@H]2OC(CO)[C@@H](O[C@@H]3OC(CO)[C@H](O)[C@H](O)C3O)[C@H](O[C@@H]3OC(C)[C@@H](O)[C@H](O)C3O)C2NC(C)=O)[C@H](O)[C@@H]1O. The van der Waals surface area contributed by atoms with Gasteiger partial charge in [0.05, 0.1) is 38.1 Å². The summed E-state index contributed by atoms with van der Waals surface area (Å²) in [6, 6.07) is -2.40. The van der Waals surface area contributed by atoms with E-state index in [2.05, 4.69) is 10.6 Å². The van der Waals surface area contributed by atoms with E-state index in [-0.39, 0.29) is 0 Å². The quantitative estimate of drug-likeness (QED) is 0.0939. The fourth-order valence-corrected chi connectivity index (χ4v) is 6.44. The van der Waals surface area contributed by atoms with Gasteiger partial charge < -0.3 is 94.9 Å². The number of amides is 2. The van der Waals surface area contributed by atoms with Crippen molar-refractivity contribution in [1.82, 2.24) is 10.6 Å². The summed E-state index contributed by atoms with van der Waals surface area (Å²) in [6.07, 6.45) is -27.9. The van der Waals surface area contributed by atoms with E-state index >= 15 is 0 Å². The molecule has 0 aromatic heterocycles. The summed E-state index contributed by atoms with van der Waals surface area (Å²) in [5.41, 5.74) is 0. The first-order valence-electron chi connectivity index (χ1n) is 16.2. The fraction of sp³-hybridized carbons (Fsp3) is 0.931. The van der Waals surface area contributed by atoms with Gasteiger partial charge in [-0.3, -0.25) is 9.59 Å². The Morgan fingerprint density at radius 2 is 1.04 bits per heavy atom. The van der Waals surface area contributed by atoms with Gasteiger partial charge in [0.1, 0.15) is 85.4 Å². The third kappa shape index (κ3) is 8.89. The lowest BCUT2D eigenvalue weighted by Crippen LogP contribution is -2.70. The van der Waals surface area contributed by atoms with Gasteiger partial charge in [-0.1, -0.05) is 0 Å². The molecule has 290 valence electrons. The molecule has 8 unspecified atom stereocenters. The molecule has 4 aliphatic rings. The molecule has 0 radical (unpaired) electrons. The highest BCUT2D eigenvalue weighted by atomic mass is 16.8. The maximum Gasteiger partial charge on any atom is 0.217 e. The monoisotopic (exact) mass is 730 g/mol. The summed E-state index contributed by atoms with van der Waals surface area (Å²) < 4.78 is 40.8. The van der Waals surface area contributed by atoms with Gasteiger partial charge >= 0.3 is 0 Å². The molecule has 4 aliphatic heterocycles. The minimum absolute atomic E-state index is 0.467. The number of ether oxygens (including phenoxy) is 7. The van der Waals surface area contributed by atoms with Gasteiger partial charge in [0.15, 0.2) is 18.9 Å². The van der Waals surface area contributed by atoms with Gasteiger partial charge in [0.25, 0.3) is 0 Å². The van der Waals surface area contributed by atoms with Crippen molar-refractivity contribution in [3.63, 3.8) is 0 Å². The molecular weight excluding hydrogens is 680 g/mol. The highest BCUT2D eigenvalue weighted by molar-refractivity contribution is 5.73. The number of hydrogen-bond donors (Lipinski definition) is 12. The van der Waals surface area contributed by atoms with Crippen molar-refractivity contribution < 1.29 is 93.8 Å². The molecule has 0 aromatic rings. The number of nitrogens with one attached hydrogen (secondary N) is 2. The molecule has 0 bridgehead atoms. The molecule has 0 aromatic carbocycles. The normalized spacial score (nSPS) is 48.5. The standard InChI is InChI=1S/C29H50N2O19/c1-8-15(30-10(3)34)20(39)19(38)14(45-8)7-44-27-16(31-11(4)35)26(50-28-23(42)21(40)17(36)9(2)46-28)25(13(6-33)48-27)49-29-24(43)22(41)18(37)12(5-32)47-29/h8-9,12-29,32-33,36-43H,5-7H2,1-4H3,(H,30,34)(H,31,35)/t8-,9?,12?,13?,14?,15?,16?,17+,18-,19-,20+,21-,22-,23?,24?,25+,26+,27+,28-,29-/m0/s1. The van der Waals surface area contributed by atoms with E-state index in [0.29, 0.717) is 0 Å². The molecule has 20 atom stereocenters. The Labute approximate surface area is 286 Å². The van der Waals surface area contributed by atoms with E-state index in [1.807, 2.05) is 0 Å². The largest absolute Gasteiger partial charge is 0.394 e. The molecular formula is C29H50N2O19. The van der Waals surface area contributed by atoms with Gasteiger partial charge in [0.2, 0.25) is 11.8 Å². The van der Waals surface area contributed by atoms with Crippen molar-refractivity contribution in [3.8, 4) is 0 Å². The van der Waals surface area contributed by atoms with E-state index < -0.39 is 154 Å². The van der Waals surface area contributed by atoms with E-state index in [1.54, 1.807) is 6.92 Å². The highest BCUT2D eigenvalue weighted by Gasteiger charge is 2.55. The molecule has 4 fully saturated rings. The smallest absolute Gasteiger partial charge is 0.217 e. The van der Waals surface area contributed by atoms with Crippen molar-refractivity contribution in [2.75, 3.05) is 19.8 Å². The summed E-state index contributed by atoms with van der Waals surface area (Å²) in [5.74, 6) is -1.15. The lowest BCUT2D eigenvalue weighted by atomic mass is 9.93. The van der Waals surface area contributed by atoms with Crippen LogP contribution in [0.3, 0.4) is 0 Å². The lowest BCUT2D eigenvalue weighted by Gasteiger charge is -2.50. The van der Waals surface area contributed by atoms with Gasteiger partial charge in [-0.2, -0.15) is 0 Å². The molecule has 0 saturated carbocycles. The highest BCUT2D eigenvalue weighted by Crippen LogP contribution is 2.34. The first kappa shape index (κ1) is 41.0. The van der Waals surface area contributed by atoms with Crippen LogP contribution in [0.2, 0.25) is 0 Å². The topological polar surface area (TPSA) is 325 Å². The molecule has 0 aliphatic carbocycles. The molecule has 4 heterocycles. The molecule has 12 N–H and O–H groups in total. The maximum absolute atomic E-state index is 12.5. The Bertz CT molecular complexity index is 1120. The van der Waals surface area contributed by atoms with Crippen LogP contribution in [0.15, 0.2) is 0 Å². The van der Waals surface area contributed by atoms with Crippen molar-refractivity contribution in [2.45, 2.75) is 150 Å². The second kappa shape index (κ2) is 17.4. The van der Waals surface area contributed by atoms with Crippen LogP contribution in [0.25, 0.3) is 0 Å². The maximum atomic E-state index is 12.5. The molecule has 21 nitrogen and oxygen atoms in total. The first-order chi connectivity index (χ1) is 23.5. The van der Waals surface area contributed by atoms with Crippen LogP contribution in [-0.4, -0.2) is 205 Å². The zero-order chi connectivity index (χ0) is 37.2. The molecule has 4 saturated heterocycles. The van der Waals surface area contributed by atoms with E-state index in [4.69, 9.17) is 33.2 Å².